The standard InChI is InChI=1S/C14H20N2OS/c1-3-8-14(2,17)10-15-9-13-16-11-6-4-5-7-12(11)18-13/h4-7,15,17H,3,8-10H2,1-2H3. The van der Waals surface area contributed by atoms with Gasteiger partial charge in [0.1, 0.15) is 5.01 Å². The van der Waals surface area contributed by atoms with E-state index in [1.807, 2.05) is 25.1 Å². The summed E-state index contributed by atoms with van der Waals surface area (Å²) in [4.78, 5) is 4.55. The Kier molecular flexibility index (Phi) is 4.32. The van der Waals surface area contributed by atoms with Crippen LogP contribution in [0.15, 0.2) is 24.3 Å². The number of aliphatic hydroxyl groups is 1. The largest absolute Gasteiger partial charge is 0.389 e. The first kappa shape index (κ1) is 13.5. The minimum Gasteiger partial charge on any atom is -0.389 e. The van der Waals surface area contributed by atoms with Crippen molar-refractivity contribution in [1.29, 1.82) is 0 Å². The number of para-hydroxylation sites is 1. The maximum Gasteiger partial charge on any atom is 0.108 e. The molecule has 0 aliphatic rings. The highest BCUT2D eigenvalue weighted by Gasteiger charge is 2.18. The van der Waals surface area contributed by atoms with Crippen LogP contribution in [0.5, 0.6) is 0 Å². The molecule has 98 valence electrons. The Hall–Kier alpha value is -0.970. The third kappa shape index (κ3) is 3.51. The van der Waals surface area contributed by atoms with Crippen LogP contribution >= 0.6 is 11.3 Å². The second kappa shape index (κ2) is 5.78. The highest BCUT2D eigenvalue weighted by atomic mass is 32.1. The maximum absolute atomic E-state index is 10.1. The van der Waals surface area contributed by atoms with Crippen LogP contribution in [0.1, 0.15) is 31.7 Å². The lowest BCUT2D eigenvalue weighted by Crippen LogP contribution is -2.37. The van der Waals surface area contributed by atoms with E-state index in [9.17, 15) is 5.11 Å². The summed E-state index contributed by atoms with van der Waals surface area (Å²) in [5, 5.41) is 14.4. The molecule has 0 bridgehead atoms. The Balaban J connectivity index is 1.90. The van der Waals surface area contributed by atoms with Gasteiger partial charge in [-0.2, -0.15) is 0 Å². The molecule has 0 fully saturated rings. The maximum atomic E-state index is 10.1. The van der Waals surface area contributed by atoms with Crippen LogP contribution in [0.25, 0.3) is 10.2 Å². The molecular formula is C14H20N2OS. The van der Waals surface area contributed by atoms with Crippen LogP contribution in [0, 0.1) is 0 Å². The highest BCUT2D eigenvalue weighted by Crippen LogP contribution is 2.21. The van der Waals surface area contributed by atoms with Gasteiger partial charge in [-0.25, -0.2) is 4.98 Å². The zero-order chi connectivity index (χ0) is 13.0. The van der Waals surface area contributed by atoms with Crippen LogP contribution in [0.3, 0.4) is 0 Å². The van der Waals surface area contributed by atoms with Crippen LogP contribution in [-0.2, 0) is 6.54 Å². The number of rotatable bonds is 6. The van der Waals surface area contributed by atoms with Crippen LogP contribution < -0.4 is 5.32 Å². The van der Waals surface area contributed by atoms with Crippen molar-refractivity contribution in [2.75, 3.05) is 6.54 Å². The lowest BCUT2D eigenvalue weighted by atomic mass is 10.0. The molecule has 1 atom stereocenters. The van der Waals surface area contributed by atoms with Crippen molar-refractivity contribution in [2.45, 2.75) is 38.8 Å². The van der Waals surface area contributed by atoms with E-state index in [1.165, 1.54) is 4.70 Å². The first-order chi connectivity index (χ1) is 8.61. The number of hydrogen-bond donors (Lipinski definition) is 2. The SMILES string of the molecule is CCCC(C)(O)CNCc1nc2ccccc2s1. The summed E-state index contributed by atoms with van der Waals surface area (Å²) >= 11 is 1.71. The quantitative estimate of drug-likeness (QED) is 0.843. The van der Waals surface area contributed by atoms with Gasteiger partial charge in [0, 0.05) is 13.1 Å². The molecule has 2 N–H and O–H groups in total. The molecule has 2 aromatic rings. The van der Waals surface area contributed by atoms with E-state index in [0.29, 0.717) is 6.54 Å². The Morgan fingerprint density at radius 1 is 1.39 bits per heavy atom. The van der Waals surface area contributed by atoms with Crippen molar-refractivity contribution in [3.8, 4) is 0 Å². The Morgan fingerprint density at radius 3 is 2.89 bits per heavy atom. The summed E-state index contributed by atoms with van der Waals surface area (Å²) in [5.41, 5.74) is 0.436. The Bertz CT molecular complexity index is 474. The predicted molar refractivity (Wildman–Crippen MR) is 76.9 cm³/mol. The number of thiazole rings is 1. The molecule has 0 amide bonds. The molecule has 0 radical (unpaired) electrons. The summed E-state index contributed by atoms with van der Waals surface area (Å²) in [7, 11) is 0. The molecule has 1 unspecified atom stereocenters. The van der Waals surface area contributed by atoms with E-state index in [4.69, 9.17) is 0 Å². The number of aromatic nitrogens is 1. The zero-order valence-electron chi connectivity index (χ0n) is 10.9. The number of fused-ring (bicyclic) bond motifs is 1. The summed E-state index contributed by atoms with van der Waals surface area (Å²) in [6, 6.07) is 8.15. The fraction of sp³-hybridized carbons (Fsp3) is 0.500. The number of nitrogens with one attached hydrogen (secondary N) is 1. The van der Waals surface area contributed by atoms with Gasteiger partial charge < -0.3 is 10.4 Å². The van der Waals surface area contributed by atoms with Gasteiger partial charge in [-0.15, -0.1) is 11.3 Å². The van der Waals surface area contributed by atoms with Crippen LogP contribution in [-0.4, -0.2) is 22.2 Å². The van der Waals surface area contributed by atoms with Gasteiger partial charge >= 0.3 is 0 Å². The van der Waals surface area contributed by atoms with Crippen molar-refractivity contribution in [3.63, 3.8) is 0 Å². The third-order valence-electron chi connectivity index (χ3n) is 2.91. The van der Waals surface area contributed by atoms with Gasteiger partial charge in [0.05, 0.1) is 15.8 Å². The molecule has 0 saturated carbocycles. The van der Waals surface area contributed by atoms with Crippen molar-refractivity contribution in [2.24, 2.45) is 0 Å². The molecule has 0 aliphatic heterocycles. The van der Waals surface area contributed by atoms with Crippen LogP contribution in [0.4, 0.5) is 0 Å². The fourth-order valence-corrected chi connectivity index (χ4v) is 3.00. The molecule has 4 heteroatoms. The fourth-order valence-electron chi connectivity index (χ4n) is 2.06. The minimum atomic E-state index is -0.620. The summed E-state index contributed by atoms with van der Waals surface area (Å²) < 4.78 is 1.22. The van der Waals surface area contributed by atoms with Crippen LogP contribution in [0.2, 0.25) is 0 Å². The predicted octanol–water partition coefficient (Wildman–Crippen LogP) is 2.94. The van der Waals surface area contributed by atoms with Crippen molar-refractivity contribution < 1.29 is 5.11 Å². The smallest absolute Gasteiger partial charge is 0.108 e. The number of nitrogens with zero attached hydrogens (tertiary/aromatic N) is 1. The van der Waals surface area contributed by atoms with Gasteiger partial charge in [0.25, 0.3) is 0 Å². The third-order valence-corrected chi connectivity index (χ3v) is 3.95. The van der Waals surface area contributed by atoms with Gasteiger partial charge in [-0.1, -0.05) is 25.5 Å². The molecule has 1 heterocycles. The Labute approximate surface area is 112 Å². The Morgan fingerprint density at radius 2 is 2.17 bits per heavy atom. The van der Waals surface area contributed by atoms with Gasteiger partial charge in [0.15, 0.2) is 0 Å². The average molecular weight is 264 g/mol. The second-order valence-electron chi connectivity index (χ2n) is 4.93. The first-order valence-corrected chi connectivity index (χ1v) is 7.20. The monoisotopic (exact) mass is 264 g/mol. The molecule has 0 aliphatic carbocycles. The summed E-state index contributed by atoms with van der Waals surface area (Å²) in [5.74, 6) is 0. The van der Waals surface area contributed by atoms with Gasteiger partial charge in [0.2, 0.25) is 0 Å². The molecular weight excluding hydrogens is 244 g/mol. The van der Waals surface area contributed by atoms with E-state index in [-0.39, 0.29) is 0 Å². The van der Waals surface area contributed by atoms with E-state index < -0.39 is 5.60 Å². The highest BCUT2D eigenvalue weighted by molar-refractivity contribution is 7.18. The molecule has 2 rings (SSSR count). The number of hydrogen-bond acceptors (Lipinski definition) is 4. The second-order valence-corrected chi connectivity index (χ2v) is 6.04. The van der Waals surface area contributed by atoms with Crippen molar-refractivity contribution in [3.05, 3.63) is 29.3 Å². The lowest BCUT2D eigenvalue weighted by Gasteiger charge is -2.22. The normalized spacial score (nSPS) is 14.8. The summed E-state index contributed by atoms with van der Waals surface area (Å²) in [6.45, 7) is 5.29. The molecule has 1 aromatic heterocycles. The zero-order valence-corrected chi connectivity index (χ0v) is 11.8. The molecule has 18 heavy (non-hydrogen) atoms. The van der Waals surface area contributed by atoms with Gasteiger partial charge in [-0.3, -0.25) is 0 Å². The van der Waals surface area contributed by atoms with E-state index in [1.54, 1.807) is 11.3 Å². The average Bonchev–Trinajstić information content (AvgIpc) is 2.71. The van der Waals surface area contributed by atoms with Crippen molar-refractivity contribution in [1.82, 2.24) is 10.3 Å². The van der Waals surface area contributed by atoms with Gasteiger partial charge in [-0.05, 0) is 25.5 Å². The molecule has 3 nitrogen and oxygen atoms in total. The molecule has 0 saturated heterocycles. The lowest BCUT2D eigenvalue weighted by molar-refractivity contribution is 0.0498. The topological polar surface area (TPSA) is 45.1 Å². The first-order valence-electron chi connectivity index (χ1n) is 6.38. The summed E-state index contributed by atoms with van der Waals surface area (Å²) in [6.07, 6.45) is 1.82. The van der Waals surface area contributed by atoms with E-state index in [0.717, 1.165) is 29.9 Å². The molecule has 0 spiro atoms. The van der Waals surface area contributed by atoms with E-state index >= 15 is 0 Å². The van der Waals surface area contributed by atoms with Crippen molar-refractivity contribution >= 4 is 21.6 Å². The number of benzene rings is 1. The minimum absolute atomic E-state index is 0.608. The molecule has 1 aromatic carbocycles. The van der Waals surface area contributed by atoms with E-state index in [2.05, 4.69) is 23.3 Å².